The summed E-state index contributed by atoms with van der Waals surface area (Å²) < 4.78 is 13.3. The molecule has 4 nitrogen and oxygen atoms in total. The van der Waals surface area contributed by atoms with E-state index in [1.165, 1.54) is 23.5 Å². The number of carbonyl (C=O) groups is 1. The van der Waals surface area contributed by atoms with Crippen molar-refractivity contribution in [3.05, 3.63) is 46.2 Å². The van der Waals surface area contributed by atoms with Gasteiger partial charge in [0, 0.05) is 17.0 Å². The van der Waals surface area contributed by atoms with Gasteiger partial charge in [0.2, 0.25) is 0 Å². The Morgan fingerprint density at radius 3 is 2.80 bits per heavy atom. The third-order valence-corrected chi connectivity index (χ3v) is 3.70. The molecule has 1 amide bonds. The summed E-state index contributed by atoms with van der Waals surface area (Å²) in [4.78, 5) is 16.4. The molecule has 2 aromatic rings. The van der Waals surface area contributed by atoms with Gasteiger partial charge in [-0.05, 0) is 44.7 Å². The van der Waals surface area contributed by atoms with Crippen molar-refractivity contribution in [2.45, 2.75) is 19.9 Å². The number of halogens is 1. The van der Waals surface area contributed by atoms with Gasteiger partial charge in [-0.1, -0.05) is 0 Å². The summed E-state index contributed by atoms with van der Waals surface area (Å²) in [6.45, 7) is 3.73. The molecule has 1 aromatic heterocycles. The summed E-state index contributed by atoms with van der Waals surface area (Å²) in [5.41, 5.74) is 1.86. The third kappa shape index (κ3) is 3.40. The Morgan fingerprint density at radius 1 is 1.40 bits per heavy atom. The number of thiazole rings is 1. The first kappa shape index (κ1) is 14.6. The van der Waals surface area contributed by atoms with Crippen LogP contribution in [-0.4, -0.2) is 17.9 Å². The Kier molecular flexibility index (Phi) is 4.46. The number of aromatic nitrogens is 1. The average molecular weight is 293 g/mol. The van der Waals surface area contributed by atoms with E-state index in [1.807, 2.05) is 19.4 Å². The van der Waals surface area contributed by atoms with Crippen LogP contribution in [0.4, 0.5) is 9.52 Å². The van der Waals surface area contributed by atoms with Gasteiger partial charge in [0.1, 0.15) is 5.82 Å². The topological polar surface area (TPSA) is 54.0 Å². The van der Waals surface area contributed by atoms with Gasteiger partial charge in [0.25, 0.3) is 5.91 Å². The maximum atomic E-state index is 13.3. The van der Waals surface area contributed by atoms with Crippen LogP contribution < -0.4 is 10.6 Å². The van der Waals surface area contributed by atoms with E-state index >= 15 is 0 Å². The Balaban J connectivity index is 2.13. The van der Waals surface area contributed by atoms with Crippen molar-refractivity contribution in [1.82, 2.24) is 10.3 Å². The molecule has 0 aliphatic carbocycles. The van der Waals surface area contributed by atoms with Gasteiger partial charge in [0.15, 0.2) is 5.13 Å². The van der Waals surface area contributed by atoms with E-state index in [1.54, 1.807) is 13.0 Å². The quantitative estimate of drug-likeness (QED) is 0.910. The second kappa shape index (κ2) is 6.11. The van der Waals surface area contributed by atoms with Gasteiger partial charge >= 0.3 is 0 Å². The molecule has 106 valence electrons. The number of benzene rings is 1. The van der Waals surface area contributed by atoms with Crippen LogP contribution in [0.1, 0.15) is 34.6 Å². The van der Waals surface area contributed by atoms with Gasteiger partial charge < -0.3 is 5.32 Å². The highest BCUT2D eigenvalue weighted by molar-refractivity contribution is 7.14. The zero-order valence-corrected chi connectivity index (χ0v) is 12.3. The van der Waals surface area contributed by atoms with E-state index in [-0.39, 0.29) is 11.9 Å². The molecule has 0 spiro atoms. The number of aryl methyl sites for hydroxylation is 1. The summed E-state index contributed by atoms with van der Waals surface area (Å²) in [7, 11) is 1.85. The maximum absolute atomic E-state index is 13.3. The number of nitrogens with one attached hydrogen (secondary N) is 2. The molecule has 0 saturated heterocycles. The lowest BCUT2D eigenvalue weighted by molar-refractivity contribution is 0.102. The lowest BCUT2D eigenvalue weighted by Gasteiger charge is -2.05. The first-order chi connectivity index (χ1) is 9.49. The number of anilines is 1. The number of amides is 1. The van der Waals surface area contributed by atoms with Crippen molar-refractivity contribution in [1.29, 1.82) is 0 Å². The third-order valence-electron chi connectivity index (χ3n) is 2.92. The fraction of sp³-hybridized carbons (Fsp3) is 0.286. The normalized spacial score (nSPS) is 12.2. The molecule has 0 fully saturated rings. The minimum Gasteiger partial charge on any atom is -0.312 e. The number of hydrogen-bond acceptors (Lipinski definition) is 4. The van der Waals surface area contributed by atoms with Crippen molar-refractivity contribution in [2.75, 3.05) is 12.4 Å². The molecule has 1 aromatic carbocycles. The first-order valence-electron chi connectivity index (χ1n) is 6.21. The van der Waals surface area contributed by atoms with Crippen molar-refractivity contribution in [3.8, 4) is 0 Å². The number of carbonyl (C=O) groups excluding carboxylic acids is 1. The van der Waals surface area contributed by atoms with Gasteiger partial charge in [-0.25, -0.2) is 9.37 Å². The van der Waals surface area contributed by atoms with E-state index in [2.05, 4.69) is 15.6 Å². The van der Waals surface area contributed by atoms with Crippen LogP contribution in [0.25, 0.3) is 0 Å². The monoisotopic (exact) mass is 293 g/mol. The lowest BCUT2D eigenvalue weighted by Crippen LogP contribution is -2.14. The molecule has 2 N–H and O–H groups in total. The summed E-state index contributed by atoms with van der Waals surface area (Å²) >= 11 is 1.35. The predicted molar refractivity (Wildman–Crippen MR) is 78.7 cm³/mol. The average Bonchev–Trinajstić information content (AvgIpc) is 2.85. The van der Waals surface area contributed by atoms with Gasteiger partial charge in [-0.2, -0.15) is 0 Å². The minimum absolute atomic E-state index is 0.119. The summed E-state index contributed by atoms with van der Waals surface area (Å²) in [6, 6.07) is 4.36. The SMILES string of the molecule is CNC(C)c1csc(NC(=O)c2cc(C)cc(F)c2)n1. The van der Waals surface area contributed by atoms with Crippen LogP contribution in [0.15, 0.2) is 23.6 Å². The molecule has 0 radical (unpaired) electrons. The smallest absolute Gasteiger partial charge is 0.257 e. The number of nitrogens with zero attached hydrogens (tertiary/aromatic N) is 1. The van der Waals surface area contributed by atoms with Crippen molar-refractivity contribution < 1.29 is 9.18 Å². The van der Waals surface area contributed by atoms with E-state index in [0.717, 1.165) is 5.69 Å². The summed E-state index contributed by atoms with van der Waals surface area (Å²) in [6.07, 6.45) is 0. The molecule has 0 aliphatic rings. The molecule has 1 heterocycles. The molecular weight excluding hydrogens is 277 g/mol. The van der Waals surface area contributed by atoms with E-state index in [0.29, 0.717) is 16.3 Å². The molecule has 1 unspecified atom stereocenters. The predicted octanol–water partition coefficient (Wildman–Crippen LogP) is 3.12. The molecule has 20 heavy (non-hydrogen) atoms. The van der Waals surface area contributed by atoms with Gasteiger partial charge in [-0.15, -0.1) is 11.3 Å². The first-order valence-corrected chi connectivity index (χ1v) is 7.09. The fourth-order valence-corrected chi connectivity index (χ4v) is 2.53. The Morgan fingerprint density at radius 2 is 2.15 bits per heavy atom. The minimum atomic E-state index is -0.418. The van der Waals surface area contributed by atoms with Gasteiger partial charge in [-0.3, -0.25) is 10.1 Å². The molecule has 0 saturated carbocycles. The van der Waals surface area contributed by atoms with E-state index < -0.39 is 5.82 Å². The Labute approximate surface area is 121 Å². The number of rotatable bonds is 4. The molecule has 2 rings (SSSR count). The van der Waals surface area contributed by atoms with Crippen LogP contribution in [0.3, 0.4) is 0 Å². The van der Waals surface area contributed by atoms with E-state index in [9.17, 15) is 9.18 Å². The maximum Gasteiger partial charge on any atom is 0.257 e. The van der Waals surface area contributed by atoms with E-state index in [4.69, 9.17) is 0 Å². The molecule has 0 aliphatic heterocycles. The molecule has 6 heteroatoms. The fourth-order valence-electron chi connectivity index (χ4n) is 1.73. The molecule has 1 atom stereocenters. The highest BCUT2D eigenvalue weighted by Gasteiger charge is 2.12. The Hall–Kier alpha value is -1.79. The summed E-state index contributed by atoms with van der Waals surface area (Å²) in [5, 5.41) is 8.15. The second-order valence-corrected chi connectivity index (χ2v) is 5.42. The molecular formula is C14H16FN3OS. The molecule has 0 bridgehead atoms. The number of hydrogen-bond donors (Lipinski definition) is 2. The zero-order chi connectivity index (χ0) is 14.7. The van der Waals surface area contributed by atoms with Gasteiger partial charge in [0.05, 0.1) is 5.69 Å². The standard InChI is InChI=1S/C14H16FN3OS/c1-8-4-10(6-11(15)5-8)13(19)18-14-17-12(7-20-14)9(2)16-3/h4-7,9,16H,1-3H3,(H,17,18,19). The summed E-state index contributed by atoms with van der Waals surface area (Å²) in [5.74, 6) is -0.774. The second-order valence-electron chi connectivity index (χ2n) is 4.56. The van der Waals surface area contributed by atoms with Crippen molar-refractivity contribution >= 4 is 22.4 Å². The Bertz CT molecular complexity index is 606. The van der Waals surface area contributed by atoms with Crippen LogP contribution in [0.5, 0.6) is 0 Å². The van der Waals surface area contributed by atoms with Crippen LogP contribution in [0, 0.1) is 12.7 Å². The highest BCUT2D eigenvalue weighted by atomic mass is 32.1. The van der Waals surface area contributed by atoms with Crippen molar-refractivity contribution in [3.63, 3.8) is 0 Å². The van der Waals surface area contributed by atoms with Crippen LogP contribution >= 0.6 is 11.3 Å². The van der Waals surface area contributed by atoms with Crippen LogP contribution in [0.2, 0.25) is 0 Å². The zero-order valence-electron chi connectivity index (χ0n) is 11.5. The highest BCUT2D eigenvalue weighted by Crippen LogP contribution is 2.21. The lowest BCUT2D eigenvalue weighted by atomic mass is 10.1. The van der Waals surface area contributed by atoms with Crippen LogP contribution in [-0.2, 0) is 0 Å². The van der Waals surface area contributed by atoms with Crippen molar-refractivity contribution in [2.24, 2.45) is 0 Å². The largest absolute Gasteiger partial charge is 0.312 e.